The summed E-state index contributed by atoms with van der Waals surface area (Å²) in [5.74, 6) is 0.144. The minimum Gasteiger partial charge on any atom is -0.593 e. The van der Waals surface area contributed by atoms with Crippen molar-refractivity contribution >= 4 is 46.2 Å². The molecule has 2 aliphatic rings. The molecule has 1 amide bonds. The molecule has 2 unspecified atom stereocenters. The van der Waals surface area contributed by atoms with Gasteiger partial charge < -0.3 is 14.4 Å². The van der Waals surface area contributed by atoms with Gasteiger partial charge in [0, 0.05) is 30.5 Å². The Hall–Kier alpha value is -2.22. The number of para-hydroxylation sites is 1. The molecule has 1 spiro atoms. The van der Waals surface area contributed by atoms with E-state index in [9.17, 15) is 9.35 Å². The van der Waals surface area contributed by atoms with Gasteiger partial charge in [0.05, 0.1) is 33.6 Å². The third-order valence-corrected chi connectivity index (χ3v) is 10.5. The van der Waals surface area contributed by atoms with Gasteiger partial charge in [0.25, 0.3) is 5.91 Å². The van der Waals surface area contributed by atoms with Crippen molar-refractivity contribution < 1.29 is 9.35 Å². The van der Waals surface area contributed by atoms with Crippen molar-refractivity contribution in [3.63, 3.8) is 0 Å². The molecule has 0 saturated carbocycles. The second-order valence-electron chi connectivity index (χ2n) is 11.8. The minimum absolute atomic E-state index is 0.0274. The molecule has 1 fully saturated rings. The van der Waals surface area contributed by atoms with E-state index in [-0.39, 0.29) is 17.2 Å². The van der Waals surface area contributed by atoms with Gasteiger partial charge in [0.1, 0.15) is 6.26 Å². The van der Waals surface area contributed by atoms with Crippen LogP contribution in [0.25, 0.3) is 0 Å². The molecule has 0 aromatic heterocycles. The highest BCUT2D eigenvalue weighted by Crippen LogP contribution is 2.47. The zero-order valence-electron chi connectivity index (χ0n) is 24.3. The topological polar surface area (TPSA) is 49.9 Å². The molecule has 41 heavy (non-hydrogen) atoms. The molecule has 218 valence electrons. The summed E-state index contributed by atoms with van der Waals surface area (Å²) >= 11 is 11.6. The standard InChI is InChI=1S/C33H39Cl2N3O2S/c1-23-17-24(2)19-27(18-23)32(39)36(3)21-26(25-9-10-29(34)30(35)20-25)11-14-37-15-12-33(13-16-37)22-38(41(4)40)31-8-6-5-7-28(31)33/h5-10,17-20,26H,11-16,21-22H2,1-4H3. The van der Waals surface area contributed by atoms with E-state index in [1.165, 1.54) is 5.56 Å². The number of likely N-dealkylation sites (N-methyl/N-ethyl adjacent to an activating group) is 1. The van der Waals surface area contributed by atoms with Crippen LogP contribution < -0.4 is 4.31 Å². The Morgan fingerprint density at radius 3 is 2.37 bits per heavy atom. The number of carbonyl (C=O) groups excluding carboxylic acids is 1. The van der Waals surface area contributed by atoms with Crippen LogP contribution in [0.1, 0.15) is 57.8 Å². The summed E-state index contributed by atoms with van der Waals surface area (Å²) in [5, 5.41) is 1.07. The number of likely N-dealkylation sites (tertiary alicyclic amines) is 1. The Morgan fingerprint density at radius 1 is 1.02 bits per heavy atom. The Morgan fingerprint density at radius 2 is 1.71 bits per heavy atom. The average molecular weight is 613 g/mol. The number of fused-ring (bicyclic) bond motifs is 2. The summed E-state index contributed by atoms with van der Waals surface area (Å²) in [6.07, 6.45) is 4.76. The van der Waals surface area contributed by atoms with Gasteiger partial charge in [-0.3, -0.25) is 4.79 Å². The van der Waals surface area contributed by atoms with Gasteiger partial charge in [0.15, 0.2) is 0 Å². The zero-order chi connectivity index (χ0) is 29.3. The molecule has 0 N–H and O–H groups in total. The molecular formula is C33H39Cl2N3O2S. The van der Waals surface area contributed by atoms with Crippen molar-refractivity contribution in [3.05, 3.63) is 98.5 Å². The average Bonchev–Trinajstić information content (AvgIpc) is 3.26. The van der Waals surface area contributed by atoms with E-state index in [1.807, 2.05) is 62.2 Å². The Bertz CT molecular complexity index is 1390. The lowest BCUT2D eigenvalue weighted by molar-refractivity contribution is 0.0780. The van der Waals surface area contributed by atoms with Gasteiger partial charge >= 0.3 is 0 Å². The maximum absolute atomic E-state index is 13.4. The molecule has 5 nitrogen and oxygen atoms in total. The van der Waals surface area contributed by atoms with Crippen LogP contribution in [0.4, 0.5) is 5.69 Å². The minimum atomic E-state index is -1.03. The first-order valence-corrected chi connectivity index (χ1v) is 16.5. The van der Waals surface area contributed by atoms with Gasteiger partial charge in [-0.05, 0) is 94.2 Å². The molecule has 2 atom stereocenters. The smallest absolute Gasteiger partial charge is 0.253 e. The van der Waals surface area contributed by atoms with Crippen LogP contribution in [0.15, 0.2) is 60.7 Å². The zero-order valence-corrected chi connectivity index (χ0v) is 26.7. The third-order valence-electron chi connectivity index (χ3n) is 8.83. The molecule has 1 saturated heterocycles. The lowest BCUT2D eigenvalue weighted by Gasteiger charge is -2.40. The van der Waals surface area contributed by atoms with Crippen LogP contribution in [0.2, 0.25) is 10.0 Å². The summed E-state index contributed by atoms with van der Waals surface area (Å²) in [4.78, 5) is 17.8. The summed E-state index contributed by atoms with van der Waals surface area (Å²) in [6.45, 7) is 8.36. The number of hydrogen-bond donors (Lipinski definition) is 0. The summed E-state index contributed by atoms with van der Waals surface area (Å²) in [6, 6.07) is 20.3. The lowest BCUT2D eigenvalue weighted by atomic mass is 9.74. The van der Waals surface area contributed by atoms with Gasteiger partial charge in [-0.2, -0.15) is 4.31 Å². The Balaban J connectivity index is 1.28. The van der Waals surface area contributed by atoms with E-state index < -0.39 is 11.4 Å². The molecule has 0 bridgehead atoms. The fourth-order valence-corrected chi connectivity index (χ4v) is 7.82. The number of hydrogen-bond acceptors (Lipinski definition) is 4. The molecule has 2 aliphatic heterocycles. The van der Waals surface area contributed by atoms with Crippen molar-refractivity contribution in [1.29, 1.82) is 0 Å². The van der Waals surface area contributed by atoms with Gasteiger partial charge in [-0.15, -0.1) is 0 Å². The van der Waals surface area contributed by atoms with Crippen molar-refractivity contribution in [1.82, 2.24) is 9.80 Å². The maximum atomic E-state index is 13.4. The molecule has 2 heterocycles. The molecular weight excluding hydrogens is 573 g/mol. The number of anilines is 1. The predicted molar refractivity (Wildman–Crippen MR) is 172 cm³/mol. The van der Waals surface area contributed by atoms with E-state index in [0.29, 0.717) is 16.6 Å². The number of rotatable bonds is 8. The lowest BCUT2D eigenvalue weighted by Crippen LogP contribution is -2.46. The molecule has 5 rings (SSSR count). The van der Waals surface area contributed by atoms with E-state index in [1.54, 1.807) is 6.26 Å². The van der Waals surface area contributed by atoms with Crippen LogP contribution in [0, 0.1) is 13.8 Å². The van der Waals surface area contributed by atoms with E-state index in [2.05, 4.69) is 33.5 Å². The van der Waals surface area contributed by atoms with Crippen molar-refractivity contribution in [2.75, 3.05) is 50.3 Å². The number of aryl methyl sites for hydroxylation is 2. The SMILES string of the molecule is Cc1cc(C)cc(C(=O)N(C)CC(CCN2CCC3(CC2)CN([S+](C)[O-])c2ccccc23)c2ccc(Cl)c(Cl)c2)c1. The molecule has 0 aliphatic carbocycles. The Labute approximate surface area is 257 Å². The second kappa shape index (κ2) is 12.6. The first kappa shape index (κ1) is 30.2. The Kier molecular flexibility index (Phi) is 9.27. The van der Waals surface area contributed by atoms with Gasteiger partial charge in [-0.25, -0.2) is 0 Å². The number of nitrogens with zero attached hydrogens (tertiary/aromatic N) is 3. The van der Waals surface area contributed by atoms with Gasteiger partial charge in [-0.1, -0.05) is 64.7 Å². The molecule has 3 aromatic rings. The normalized spacial score (nSPS) is 17.9. The largest absolute Gasteiger partial charge is 0.593 e. The van der Waals surface area contributed by atoms with E-state index >= 15 is 0 Å². The number of amides is 1. The summed E-state index contributed by atoms with van der Waals surface area (Å²) in [7, 11) is 1.89. The van der Waals surface area contributed by atoms with Crippen LogP contribution >= 0.6 is 23.2 Å². The molecule has 8 heteroatoms. The fraction of sp³-hybridized carbons (Fsp3) is 0.424. The number of carbonyl (C=O) groups is 1. The fourth-order valence-electron chi connectivity index (χ4n) is 6.65. The van der Waals surface area contributed by atoms with Crippen molar-refractivity contribution in [2.45, 2.75) is 44.4 Å². The number of benzene rings is 3. The highest BCUT2D eigenvalue weighted by Gasteiger charge is 2.47. The number of halogens is 2. The summed E-state index contributed by atoms with van der Waals surface area (Å²) in [5.41, 5.74) is 6.51. The molecule has 3 aromatic carbocycles. The third kappa shape index (κ3) is 6.57. The molecule has 0 radical (unpaired) electrons. The maximum Gasteiger partial charge on any atom is 0.253 e. The predicted octanol–water partition coefficient (Wildman–Crippen LogP) is 7.00. The second-order valence-corrected chi connectivity index (χ2v) is 13.9. The van der Waals surface area contributed by atoms with Gasteiger partial charge in [0.2, 0.25) is 0 Å². The highest BCUT2D eigenvalue weighted by molar-refractivity contribution is 7.92. The van der Waals surface area contributed by atoms with Crippen LogP contribution in [0.3, 0.4) is 0 Å². The van der Waals surface area contributed by atoms with Crippen LogP contribution in [-0.4, -0.2) is 66.3 Å². The monoisotopic (exact) mass is 611 g/mol. The number of piperidine rings is 1. The highest BCUT2D eigenvalue weighted by atomic mass is 35.5. The quantitative estimate of drug-likeness (QED) is 0.257. The van der Waals surface area contributed by atoms with E-state index in [0.717, 1.165) is 73.4 Å². The van der Waals surface area contributed by atoms with Crippen LogP contribution in [0.5, 0.6) is 0 Å². The van der Waals surface area contributed by atoms with Crippen molar-refractivity contribution in [2.24, 2.45) is 0 Å². The summed E-state index contributed by atoms with van der Waals surface area (Å²) < 4.78 is 14.6. The first-order valence-electron chi connectivity index (χ1n) is 14.3. The van der Waals surface area contributed by atoms with Crippen LogP contribution in [-0.2, 0) is 16.8 Å². The van der Waals surface area contributed by atoms with E-state index in [4.69, 9.17) is 23.2 Å². The van der Waals surface area contributed by atoms with Crippen molar-refractivity contribution in [3.8, 4) is 0 Å². The first-order chi connectivity index (χ1) is 19.6.